The minimum absolute atomic E-state index is 0.499. The van der Waals surface area contributed by atoms with Crippen molar-refractivity contribution >= 4 is 0 Å². The molecule has 2 nitrogen and oxygen atoms in total. The van der Waals surface area contributed by atoms with Crippen LogP contribution in [0.2, 0.25) is 0 Å². The number of rotatable bonds is 5. The van der Waals surface area contributed by atoms with Gasteiger partial charge in [0.25, 0.3) is 0 Å². The summed E-state index contributed by atoms with van der Waals surface area (Å²) < 4.78 is 5.72. The summed E-state index contributed by atoms with van der Waals surface area (Å²) in [5.74, 6) is 0.983. The van der Waals surface area contributed by atoms with E-state index in [2.05, 4.69) is 18.7 Å². The van der Waals surface area contributed by atoms with Crippen LogP contribution in [-0.2, 0) is 0 Å². The van der Waals surface area contributed by atoms with Crippen molar-refractivity contribution in [3.05, 3.63) is 30.3 Å². The summed E-state index contributed by atoms with van der Waals surface area (Å²) in [6.45, 7) is 9.23. The second-order valence-electron chi connectivity index (χ2n) is 6.06. The lowest BCUT2D eigenvalue weighted by Crippen LogP contribution is -2.40. The third-order valence-electron chi connectivity index (χ3n) is 3.61. The smallest absolute Gasteiger partial charge is 0.119 e. The highest BCUT2D eigenvalue weighted by Crippen LogP contribution is 2.28. The third-order valence-corrected chi connectivity index (χ3v) is 3.61. The van der Waals surface area contributed by atoms with E-state index in [1.807, 2.05) is 30.3 Å². The molecule has 1 aliphatic rings. The van der Waals surface area contributed by atoms with E-state index in [4.69, 9.17) is 4.74 Å². The molecule has 1 aliphatic heterocycles. The van der Waals surface area contributed by atoms with Crippen molar-refractivity contribution in [1.82, 2.24) is 4.90 Å². The standard InChI is InChI=1S/C16H25NO/c1-16(2)10-6-11-17(14-16)12-7-13-18-15-8-4-3-5-9-15/h3-5,8-9H,6-7,10-14H2,1-2H3. The predicted octanol–water partition coefficient (Wildman–Crippen LogP) is 3.58. The van der Waals surface area contributed by atoms with Crippen molar-refractivity contribution < 1.29 is 4.74 Å². The molecule has 1 aromatic rings. The Labute approximate surface area is 111 Å². The summed E-state index contributed by atoms with van der Waals surface area (Å²) in [6.07, 6.45) is 3.82. The maximum atomic E-state index is 5.72. The fourth-order valence-electron chi connectivity index (χ4n) is 2.73. The second kappa shape index (κ2) is 6.24. The molecule has 0 bridgehead atoms. The van der Waals surface area contributed by atoms with Crippen LogP contribution in [0.4, 0.5) is 0 Å². The molecule has 0 saturated carbocycles. The van der Waals surface area contributed by atoms with Crippen molar-refractivity contribution in [3.63, 3.8) is 0 Å². The van der Waals surface area contributed by atoms with Gasteiger partial charge < -0.3 is 9.64 Å². The molecule has 0 aliphatic carbocycles. The first-order chi connectivity index (χ1) is 8.66. The van der Waals surface area contributed by atoms with Gasteiger partial charge in [-0.2, -0.15) is 0 Å². The van der Waals surface area contributed by atoms with Crippen molar-refractivity contribution in [3.8, 4) is 5.75 Å². The molecule has 0 aromatic heterocycles. The van der Waals surface area contributed by atoms with Crippen molar-refractivity contribution in [2.75, 3.05) is 26.2 Å². The SMILES string of the molecule is CC1(C)CCCN(CCCOc2ccccc2)C1. The minimum atomic E-state index is 0.499. The van der Waals surface area contributed by atoms with Crippen LogP contribution in [-0.4, -0.2) is 31.1 Å². The average molecular weight is 247 g/mol. The molecule has 0 atom stereocenters. The van der Waals surface area contributed by atoms with Gasteiger partial charge in [0.2, 0.25) is 0 Å². The zero-order chi connectivity index (χ0) is 12.8. The van der Waals surface area contributed by atoms with Gasteiger partial charge in [-0.25, -0.2) is 0 Å². The Morgan fingerprint density at radius 1 is 1.22 bits per heavy atom. The van der Waals surface area contributed by atoms with Gasteiger partial charge in [-0.05, 0) is 43.4 Å². The second-order valence-corrected chi connectivity index (χ2v) is 6.06. The van der Waals surface area contributed by atoms with Crippen LogP contribution in [0.3, 0.4) is 0 Å². The summed E-state index contributed by atoms with van der Waals surface area (Å²) in [5.41, 5.74) is 0.499. The molecule has 0 N–H and O–H groups in total. The summed E-state index contributed by atoms with van der Waals surface area (Å²) >= 11 is 0. The Bertz CT molecular complexity index is 347. The van der Waals surface area contributed by atoms with Crippen LogP contribution in [0.5, 0.6) is 5.75 Å². The lowest BCUT2D eigenvalue weighted by Gasteiger charge is -2.38. The molecule has 0 amide bonds. The molecule has 1 heterocycles. The van der Waals surface area contributed by atoms with E-state index in [0.29, 0.717) is 5.41 Å². The van der Waals surface area contributed by atoms with Gasteiger partial charge in [-0.3, -0.25) is 0 Å². The molecule has 0 radical (unpaired) electrons. The normalized spacial score (nSPS) is 19.7. The maximum Gasteiger partial charge on any atom is 0.119 e. The highest BCUT2D eigenvalue weighted by molar-refractivity contribution is 5.20. The molecule has 2 heteroatoms. The van der Waals surface area contributed by atoms with Gasteiger partial charge in [-0.15, -0.1) is 0 Å². The average Bonchev–Trinajstić information content (AvgIpc) is 2.35. The number of ether oxygens (including phenoxy) is 1. The fourth-order valence-corrected chi connectivity index (χ4v) is 2.73. The molecule has 1 fully saturated rings. The number of likely N-dealkylation sites (tertiary alicyclic amines) is 1. The lowest BCUT2D eigenvalue weighted by molar-refractivity contribution is 0.111. The van der Waals surface area contributed by atoms with Crippen LogP contribution in [0, 0.1) is 5.41 Å². The zero-order valence-corrected chi connectivity index (χ0v) is 11.7. The van der Waals surface area contributed by atoms with Crippen LogP contribution in [0.15, 0.2) is 30.3 Å². The molecule has 18 heavy (non-hydrogen) atoms. The predicted molar refractivity (Wildman–Crippen MR) is 76.0 cm³/mol. The Morgan fingerprint density at radius 2 is 2.00 bits per heavy atom. The Kier molecular flexibility index (Phi) is 4.65. The van der Waals surface area contributed by atoms with Gasteiger partial charge >= 0.3 is 0 Å². The van der Waals surface area contributed by atoms with Crippen molar-refractivity contribution in [2.45, 2.75) is 33.1 Å². The van der Waals surface area contributed by atoms with Crippen molar-refractivity contribution in [1.29, 1.82) is 0 Å². The molecular weight excluding hydrogens is 222 g/mol. The fraction of sp³-hybridized carbons (Fsp3) is 0.625. The molecule has 1 aromatic carbocycles. The molecule has 0 spiro atoms. The molecular formula is C16H25NO. The third kappa shape index (κ3) is 4.34. The van der Waals surface area contributed by atoms with Crippen LogP contribution in [0.1, 0.15) is 33.1 Å². The first-order valence-corrected chi connectivity index (χ1v) is 7.06. The largest absolute Gasteiger partial charge is 0.494 e. The number of nitrogens with zero attached hydrogens (tertiary/aromatic N) is 1. The van der Waals surface area contributed by atoms with E-state index >= 15 is 0 Å². The first kappa shape index (κ1) is 13.4. The van der Waals surface area contributed by atoms with E-state index in [1.165, 1.54) is 25.9 Å². The van der Waals surface area contributed by atoms with E-state index < -0.39 is 0 Å². The number of para-hydroxylation sites is 1. The summed E-state index contributed by atoms with van der Waals surface area (Å²) in [5, 5.41) is 0. The number of hydrogen-bond donors (Lipinski definition) is 0. The van der Waals surface area contributed by atoms with Gasteiger partial charge in [0.05, 0.1) is 6.61 Å². The highest BCUT2D eigenvalue weighted by atomic mass is 16.5. The van der Waals surface area contributed by atoms with Crippen molar-refractivity contribution in [2.24, 2.45) is 5.41 Å². The van der Waals surface area contributed by atoms with Gasteiger partial charge in [-0.1, -0.05) is 32.0 Å². The molecule has 1 saturated heterocycles. The van der Waals surface area contributed by atoms with E-state index in [9.17, 15) is 0 Å². The first-order valence-electron chi connectivity index (χ1n) is 7.06. The minimum Gasteiger partial charge on any atom is -0.494 e. The summed E-state index contributed by atoms with van der Waals surface area (Å²) in [4.78, 5) is 2.58. The van der Waals surface area contributed by atoms with Crippen LogP contribution >= 0.6 is 0 Å². The topological polar surface area (TPSA) is 12.5 Å². The quantitative estimate of drug-likeness (QED) is 0.737. The van der Waals surface area contributed by atoms with E-state index in [-0.39, 0.29) is 0 Å². The number of hydrogen-bond acceptors (Lipinski definition) is 2. The monoisotopic (exact) mass is 247 g/mol. The highest BCUT2D eigenvalue weighted by Gasteiger charge is 2.25. The van der Waals surface area contributed by atoms with E-state index in [0.717, 1.165) is 25.3 Å². The van der Waals surface area contributed by atoms with Gasteiger partial charge in [0.15, 0.2) is 0 Å². The van der Waals surface area contributed by atoms with Crippen LogP contribution < -0.4 is 4.74 Å². The number of piperidine rings is 1. The Morgan fingerprint density at radius 3 is 2.72 bits per heavy atom. The Balaban J connectivity index is 1.64. The Hall–Kier alpha value is -1.02. The maximum absolute atomic E-state index is 5.72. The lowest BCUT2D eigenvalue weighted by atomic mass is 9.84. The van der Waals surface area contributed by atoms with Gasteiger partial charge in [0, 0.05) is 13.1 Å². The summed E-state index contributed by atoms with van der Waals surface area (Å²) in [7, 11) is 0. The zero-order valence-electron chi connectivity index (χ0n) is 11.7. The molecule has 100 valence electrons. The van der Waals surface area contributed by atoms with E-state index in [1.54, 1.807) is 0 Å². The molecule has 2 rings (SSSR count). The summed E-state index contributed by atoms with van der Waals surface area (Å²) in [6, 6.07) is 10.1. The number of benzene rings is 1. The molecule has 0 unspecified atom stereocenters. The van der Waals surface area contributed by atoms with Crippen LogP contribution in [0.25, 0.3) is 0 Å². The van der Waals surface area contributed by atoms with Gasteiger partial charge in [0.1, 0.15) is 5.75 Å².